The Morgan fingerprint density at radius 1 is 1.62 bits per heavy atom. The average molecular weight is 334 g/mol. The maximum absolute atomic E-state index is 12.6. The van der Waals surface area contributed by atoms with Crippen LogP contribution in [0.5, 0.6) is 0 Å². The summed E-state index contributed by atoms with van der Waals surface area (Å²) in [5.41, 5.74) is 1.87. The summed E-state index contributed by atoms with van der Waals surface area (Å²) in [5.74, 6) is 5.56. The highest BCUT2D eigenvalue weighted by molar-refractivity contribution is 7.91. The molecule has 8 nitrogen and oxygen atoms in total. The van der Waals surface area contributed by atoms with E-state index >= 15 is 0 Å². The molecule has 3 N–H and O–H groups in total. The van der Waals surface area contributed by atoms with Crippen LogP contribution in [0.1, 0.15) is 26.2 Å². The fourth-order valence-corrected chi connectivity index (χ4v) is 5.38. The van der Waals surface area contributed by atoms with Crippen LogP contribution in [-0.2, 0) is 10.0 Å². The SMILES string of the molecule is CCC1CCCN(S(=O)(=O)c2cc([N+](=O)[O-])c(NN)s2)C1. The summed E-state index contributed by atoms with van der Waals surface area (Å²) in [6.07, 6.45) is 2.75. The van der Waals surface area contributed by atoms with Crippen molar-refractivity contribution in [1.29, 1.82) is 0 Å². The number of thiophene rings is 1. The fraction of sp³-hybridized carbons (Fsp3) is 0.636. The van der Waals surface area contributed by atoms with Crippen LogP contribution in [0.3, 0.4) is 0 Å². The van der Waals surface area contributed by atoms with E-state index < -0.39 is 14.9 Å². The number of nitrogens with one attached hydrogen (secondary N) is 1. The molecule has 1 aromatic rings. The van der Waals surface area contributed by atoms with Gasteiger partial charge in [-0.1, -0.05) is 24.7 Å². The van der Waals surface area contributed by atoms with E-state index in [9.17, 15) is 18.5 Å². The maximum atomic E-state index is 12.6. The number of nitrogens with two attached hydrogens (primary N) is 1. The van der Waals surface area contributed by atoms with Crippen molar-refractivity contribution in [2.75, 3.05) is 18.5 Å². The molecule has 1 saturated heterocycles. The van der Waals surface area contributed by atoms with Gasteiger partial charge in [-0.15, -0.1) is 0 Å². The number of piperidine rings is 1. The van der Waals surface area contributed by atoms with Crippen molar-refractivity contribution in [2.24, 2.45) is 11.8 Å². The smallest absolute Gasteiger partial charge is 0.306 e. The number of nitro groups is 1. The quantitative estimate of drug-likeness (QED) is 0.481. The van der Waals surface area contributed by atoms with Crippen molar-refractivity contribution in [3.63, 3.8) is 0 Å². The molecule has 21 heavy (non-hydrogen) atoms. The van der Waals surface area contributed by atoms with Crippen LogP contribution in [0, 0.1) is 16.0 Å². The van der Waals surface area contributed by atoms with E-state index in [-0.39, 0.29) is 14.9 Å². The zero-order valence-electron chi connectivity index (χ0n) is 11.6. The topological polar surface area (TPSA) is 119 Å². The van der Waals surface area contributed by atoms with E-state index in [1.54, 1.807) is 0 Å². The van der Waals surface area contributed by atoms with E-state index in [1.807, 2.05) is 6.92 Å². The largest absolute Gasteiger partial charge is 0.310 e. The van der Waals surface area contributed by atoms with Gasteiger partial charge in [-0.3, -0.25) is 10.1 Å². The molecule has 0 saturated carbocycles. The van der Waals surface area contributed by atoms with E-state index in [1.165, 1.54) is 4.31 Å². The van der Waals surface area contributed by atoms with E-state index in [0.29, 0.717) is 19.0 Å². The number of hydrazine groups is 1. The van der Waals surface area contributed by atoms with E-state index in [4.69, 9.17) is 5.84 Å². The van der Waals surface area contributed by atoms with Crippen LogP contribution in [0.2, 0.25) is 0 Å². The van der Waals surface area contributed by atoms with Crippen molar-refractivity contribution in [3.8, 4) is 0 Å². The molecule has 0 aromatic carbocycles. The second kappa shape index (κ2) is 6.26. The normalized spacial score (nSPS) is 20.4. The molecule has 2 rings (SSSR count). The Labute approximate surface area is 127 Å². The summed E-state index contributed by atoms with van der Waals surface area (Å²) in [5, 5.41) is 10.9. The first-order valence-electron chi connectivity index (χ1n) is 6.65. The van der Waals surface area contributed by atoms with Crippen molar-refractivity contribution in [1.82, 2.24) is 4.31 Å². The van der Waals surface area contributed by atoms with Crippen LogP contribution in [-0.4, -0.2) is 30.7 Å². The minimum absolute atomic E-state index is 0.0427. The van der Waals surface area contributed by atoms with Gasteiger partial charge in [0.15, 0.2) is 5.00 Å². The van der Waals surface area contributed by atoms with Gasteiger partial charge in [0.1, 0.15) is 4.21 Å². The summed E-state index contributed by atoms with van der Waals surface area (Å²) in [6.45, 7) is 2.96. The summed E-state index contributed by atoms with van der Waals surface area (Å²) >= 11 is 0.790. The molecule has 0 amide bonds. The van der Waals surface area contributed by atoms with Gasteiger partial charge in [0.2, 0.25) is 0 Å². The minimum atomic E-state index is -3.70. The molecule has 0 aliphatic carbocycles. The summed E-state index contributed by atoms with van der Waals surface area (Å²) in [4.78, 5) is 10.3. The van der Waals surface area contributed by atoms with Gasteiger partial charge in [-0.25, -0.2) is 14.3 Å². The van der Waals surface area contributed by atoms with Crippen molar-refractivity contribution >= 4 is 32.0 Å². The third-order valence-electron chi connectivity index (χ3n) is 3.67. The molecule has 1 aliphatic rings. The number of nitrogens with zero attached hydrogens (tertiary/aromatic N) is 2. The molecular formula is C11H18N4O4S2. The highest BCUT2D eigenvalue weighted by Crippen LogP contribution is 2.38. The number of anilines is 1. The molecule has 1 unspecified atom stereocenters. The van der Waals surface area contributed by atoms with Crippen molar-refractivity contribution in [2.45, 2.75) is 30.4 Å². The summed E-state index contributed by atoms with van der Waals surface area (Å²) in [7, 11) is -3.70. The van der Waals surface area contributed by atoms with Crippen LogP contribution >= 0.6 is 11.3 Å². The van der Waals surface area contributed by atoms with Gasteiger partial charge >= 0.3 is 5.69 Å². The van der Waals surface area contributed by atoms with E-state index in [0.717, 1.165) is 36.7 Å². The number of hydrogen-bond donors (Lipinski definition) is 2. The van der Waals surface area contributed by atoms with Crippen LogP contribution in [0.25, 0.3) is 0 Å². The molecule has 0 radical (unpaired) electrons. The lowest BCUT2D eigenvalue weighted by atomic mass is 9.97. The zero-order valence-corrected chi connectivity index (χ0v) is 13.2. The lowest BCUT2D eigenvalue weighted by molar-refractivity contribution is -0.383. The highest BCUT2D eigenvalue weighted by Gasteiger charge is 2.33. The Morgan fingerprint density at radius 2 is 2.33 bits per heavy atom. The standard InChI is InChI=1S/C11H18N4O4S2/c1-2-8-4-3-5-14(7-8)21(18,19)10-6-9(15(16)17)11(13-12)20-10/h6,8,13H,2-5,7,12H2,1H3. The number of hydrogen-bond acceptors (Lipinski definition) is 7. The number of rotatable bonds is 5. The summed E-state index contributed by atoms with van der Waals surface area (Å²) in [6, 6.07) is 1.07. The van der Waals surface area contributed by atoms with Crippen LogP contribution < -0.4 is 11.3 Å². The first-order valence-corrected chi connectivity index (χ1v) is 8.90. The van der Waals surface area contributed by atoms with Crippen LogP contribution in [0.15, 0.2) is 10.3 Å². The predicted molar refractivity (Wildman–Crippen MR) is 80.6 cm³/mol. The lowest BCUT2D eigenvalue weighted by Crippen LogP contribution is -2.39. The maximum Gasteiger partial charge on any atom is 0.306 e. The van der Waals surface area contributed by atoms with Crippen molar-refractivity contribution < 1.29 is 13.3 Å². The van der Waals surface area contributed by atoms with Crippen LogP contribution in [0.4, 0.5) is 10.7 Å². The average Bonchev–Trinajstić information content (AvgIpc) is 2.92. The van der Waals surface area contributed by atoms with Gasteiger partial charge in [-0.05, 0) is 18.8 Å². The Morgan fingerprint density at radius 3 is 2.86 bits per heavy atom. The lowest BCUT2D eigenvalue weighted by Gasteiger charge is -2.30. The molecular weight excluding hydrogens is 316 g/mol. The fourth-order valence-electron chi connectivity index (χ4n) is 2.43. The minimum Gasteiger partial charge on any atom is -0.310 e. The Kier molecular flexibility index (Phi) is 4.81. The van der Waals surface area contributed by atoms with E-state index in [2.05, 4.69) is 5.43 Å². The van der Waals surface area contributed by atoms with Gasteiger partial charge < -0.3 is 5.43 Å². The molecule has 10 heteroatoms. The number of sulfonamides is 1. The zero-order chi connectivity index (χ0) is 15.6. The molecule has 1 aliphatic heterocycles. The van der Waals surface area contributed by atoms with Gasteiger partial charge in [0.05, 0.1) is 4.92 Å². The third kappa shape index (κ3) is 3.18. The third-order valence-corrected chi connectivity index (χ3v) is 7.04. The second-order valence-electron chi connectivity index (χ2n) is 4.96. The van der Waals surface area contributed by atoms with Crippen molar-refractivity contribution in [3.05, 3.63) is 16.2 Å². The number of nitrogen functional groups attached to an aromatic ring is 1. The molecule has 1 fully saturated rings. The van der Waals surface area contributed by atoms with Gasteiger partial charge in [0.25, 0.3) is 10.0 Å². The first-order chi connectivity index (χ1) is 9.90. The molecule has 1 aromatic heterocycles. The van der Waals surface area contributed by atoms with Gasteiger partial charge in [0, 0.05) is 19.2 Å². The molecule has 0 bridgehead atoms. The Balaban J connectivity index is 2.33. The molecule has 2 heterocycles. The first kappa shape index (κ1) is 16.1. The monoisotopic (exact) mass is 334 g/mol. The molecule has 0 spiro atoms. The Hall–Kier alpha value is -1.23. The second-order valence-corrected chi connectivity index (χ2v) is 8.18. The summed E-state index contributed by atoms with van der Waals surface area (Å²) < 4.78 is 26.6. The van der Waals surface area contributed by atoms with Gasteiger partial charge in [-0.2, -0.15) is 4.31 Å². The molecule has 118 valence electrons. The highest BCUT2D eigenvalue weighted by atomic mass is 32.2. The Bertz CT molecular complexity index is 628. The predicted octanol–water partition coefficient (Wildman–Crippen LogP) is 1.75. The molecule has 1 atom stereocenters.